The van der Waals surface area contributed by atoms with Crippen LogP contribution in [0, 0.1) is 5.92 Å². The molecule has 9 heteroatoms. The Kier molecular flexibility index (Phi) is 7.00. The first-order valence-corrected chi connectivity index (χ1v) is 10.9. The van der Waals surface area contributed by atoms with Gasteiger partial charge in [-0.3, -0.25) is 14.9 Å². The average Bonchev–Trinajstić information content (AvgIpc) is 2.65. The van der Waals surface area contributed by atoms with E-state index in [1.54, 1.807) is 30.3 Å². The number of amides is 4. The van der Waals surface area contributed by atoms with E-state index in [0.717, 1.165) is 4.90 Å². The van der Waals surface area contributed by atoms with Gasteiger partial charge in [-0.15, -0.1) is 0 Å². The maximum absolute atomic E-state index is 13.0. The van der Waals surface area contributed by atoms with Gasteiger partial charge in [-0.05, 0) is 73.7 Å². The third-order valence-electron chi connectivity index (χ3n) is 4.09. The summed E-state index contributed by atoms with van der Waals surface area (Å²) in [7, 11) is 0. The van der Waals surface area contributed by atoms with Crippen LogP contribution in [0.15, 0.2) is 50.9 Å². The largest absolute Gasteiger partial charge is 0.491 e. The smallest absolute Gasteiger partial charge is 0.335 e. The monoisotopic (exact) mass is 554 g/mol. The quantitative estimate of drug-likeness (QED) is 0.386. The number of benzene rings is 2. The molecule has 3 rings (SSSR count). The lowest BCUT2D eigenvalue weighted by molar-refractivity contribution is -0.122. The zero-order valence-electron chi connectivity index (χ0n) is 16.0. The van der Waals surface area contributed by atoms with Crippen molar-refractivity contribution in [3.05, 3.63) is 61.5 Å². The second-order valence-corrected chi connectivity index (χ2v) is 9.04. The fourth-order valence-corrected chi connectivity index (χ4v) is 4.40. The molecule has 2 aromatic rings. The molecule has 1 aliphatic rings. The van der Waals surface area contributed by atoms with E-state index in [4.69, 9.17) is 16.3 Å². The zero-order valence-corrected chi connectivity index (χ0v) is 20.0. The van der Waals surface area contributed by atoms with Crippen molar-refractivity contribution in [2.75, 3.05) is 11.5 Å². The lowest BCUT2D eigenvalue weighted by atomic mass is 10.1. The SMILES string of the molecule is CC(C)COc1c(Br)cc(/C=C2\C(=O)NC(=O)N(c3ccccc3Cl)C2=O)cc1Br. The highest BCUT2D eigenvalue weighted by molar-refractivity contribution is 9.11. The van der Waals surface area contributed by atoms with Crippen molar-refractivity contribution in [3.63, 3.8) is 0 Å². The molecule has 1 heterocycles. The first-order valence-electron chi connectivity index (χ1n) is 8.97. The van der Waals surface area contributed by atoms with E-state index in [0.29, 0.717) is 32.8 Å². The summed E-state index contributed by atoms with van der Waals surface area (Å²) in [4.78, 5) is 38.5. The third-order valence-corrected chi connectivity index (χ3v) is 5.59. The Hall–Kier alpha value is -2.16. The van der Waals surface area contributed by atoms with Crippen LogP contribution in [0.4, 0.5) is 10.5 Å². The molecule has 0 saturated carbocycles. The molecule has 30 heavy (non-hydrogen) atoms. The molecule has 0 atom stereocenters. The molecule has 156 valence electrons. The number of barbiturate groups is 1. The normalized spacial score (nSPS) is 15.7. The van der Waals surface area contributed by atoms with E-state index in [9.17, 15) is 14.4 Å². The molecule has 2 aromatic carbocycles. The van der Waals surface area contributed by atoms with Gasteiger partial charge in [-0.25, -0.2) is 9.69 Å². The summed E-state index contributed by atoms with van der Waals surface area (Å²) in [5, 5.41) is 2.40. The van der Waals surface area contributed by atoms with Crippen molar-refractivity contribution >= 4 is 73.1 Å². The van der Waals surface area contributed by atoms with Gasteiger partial charge in [0.05, 0.1) is 26.3 Å². The highest BCUT2D eigenvalue weighted by atomic mass is 79.9. The number of urea groups is 1. The minimum atomic E-state index is -0.852. The number of nitrogens with zero attached hydrogens (tertiary/aromatic N) is 1. The van der Waals surface area contributed by atoms with Gasteiger partial charge in [0.25, 0.3) is 11.8 Å². The number of hydrogen-bond donors (Lipinski definition) is 1. The summed E-state index contributed by atoms with van der Waals surface area (Å²) in [5.74, 6) is -0.564. The molecule has 1 aliphatic heterocycles. The van der Waals surface area contributed by atoms with E-state index in [1.165, 1.54) is 12.1 Å². The van der Waals surface area contributed by atoms with Crippen LogP contribution in [-0.2, 0) is 9.59 Å². The number of anilines is 1. The summed E-state index contributed by atoms with van der Waals surface area (Å²) < 4.78 is 7.11. The number of nitrogens with one attached hydrogen (secondary N) is 1. The Morgan fingerprint density at radius 2 is 1.77 bits per heavy atom. The first kappa shape index (κ1) is 22.5. The summed E-state index contributed by atoms with van der Waals surface area (Å²) >= 11 is 13.1. The fraction of sp³-hybridized carbons (Fsp3) is 0.190. The molecular weight excluding hydrogens is 540 g/mol. The average molecular weight is 557 g/mol. The summed E-state index contributed by atoms with van der Waals surface area (Å²) in [6.45, 7) is 4.62. The number of imide groups is 2. The second kappa shape index (κ2) is 9.32. The molecule has 0 aliphatic carbocycles. The van der Waals surface area contributed by atoms with Crippen LogP contribution in [0.25, 0.3) is 6.08 Å². The summed E-state index contributed by atoms with van der Waals surface area (Å²) in [6, 6.07) is 9.01. The molecule has 4 amide bonds. The Bertz CT molecular complexity index is 1050. The molecule has 0 aromatic heterocycles. The molecule has 0 unspecified atom stereocenters. The minimum Gasteiger partial charge on any atom is -0.491 e. The third kappa shape index (κ3) is 4.77. The Morgan fingerprint density at radius 1 is 1.13 bits per heavy atom. The van der Waals surface area contributed by atoms with Crippen molar-refractivity contribution < 1.29 is 19.1 Å². The number of para-hydroxylation sites is 1. The fourth-order valence-electron chi connectivity index (χ4n) is 2.73. The van der Waals surface area contributed by atoms with Gasteiger partial charge < -0.3 is 4.74 Å². The van der Waals surface area contributed by atoms with E-state index < -0.39 is 17.8 Å². The number of carbonyl (C=O) groups is 3. The molecule has 1 fully saturated rings. The van der Waals surface area contributed by atoms with Crippen LogP contribution in [0.1, 0.15) is 19.4 Å². The molecule has 1 saturated heterocycles. The minimum absolute atomic E-state index is 0.191. The van der Waals surface area contributed by atoms with Crippen molar-refractivity contribution in [3.8, 4) is 5.75 Å². The summed E-state index contributed by atoms with van der Waals surface area (Å²) in [5.41, 5.74) is 0.571. The summed E-state index contributed by atoms with van der Waals surface area (Å²) in [6.07, 6.45) is 1.41. The van der Waals surface area contributed by atoms with Crippen molar-refractivity contribution in [2.24, 2.45) is 5.92 Å². The van der Waals surface area contributed by atoms with E-state index >= 15 is 0 Å². The van der Waals surface area contributed by atoms with Gasteiger partial charge in [0.1, 0.15) is 11.3 Å². The van der Waals surface area contributed by atoms with Crippen LogP contribution >= 0.6 is 43.5 Å². The van der Waals surface area contributed by atoms with Crippen LogP contribution in [0.3, 0.4) is 0 Å². The van der Waals surface area contributed by atoms with Crippen molar-refractivity contribution in [1.29, 1.82) is 0 Å². The van der Waals surface area contributed by atoms with Gasteiger partial charge in [-0.2, -0.15) is 0 Å². The first-order chi connectivity index (χ1) is 14.2. The number of rotatable bonds is 5. The Balaban J connectivity index is 1.98. The number of hydrogen-bond acceptors (Lipinski definition) is 4. The van der Waals surface area contributed by atoms with E-state index in [2.05, 4.69) is 37.2 Å². The van der Waals surface area contributed by atoms with Crippen LogP contribution < -0.4 is 15.0 Å². The highest BCUT2D eigenvalue weighted by Gasteiger charge is 2.37. The maximum Gasteiger partial charge on any atom is 0.335 e. The van der Waals surface area contributed by atoms with E-state index in [1.807, 2.05) is 13.8 Å². The van der Waals surface area contributed by atoms with E-state index in [-0.39, 0.29) is 16.3 Å². The lowest BCUT2D eigenvalue weighted by Gasteiger charge is -2.27. The number of carbonyl (C=O) groups excluding carboxylic acids is 3. The van der Waals surface area contributed by atoms with Crippen LogP contribution in [0.2, 0.25) is 5.02 Å². The lowest BCUT2D eigenvalue weighted by Crippen LogP contribution is -2.54. The molecule has 0 spiro atoms. The van der Waals surface area contributed by atoms with Gasteiger partial charge in [0, 0.05) is 0 Å². The molecule has 1 N–H and O–H groups in total. The van der Waals surface area contributed by atoms with Gasteiger partial charge in [-0.1, -0.05) is 37.6 Å². The number of ether oxygens (including phenoxy) is 1. The van der Waals surface area contributed by atoms with Gasteiger partial charge >= 0.3 is 6.03 Å². The molecule has 0 radical (unpaired) electrons. The molecular formula is C21H17Br2ClN2O4. The standard InChI is InChI=1S/C21H17Br2ClN2O4/c1-11(2)10-30-18-14(22)8-12(9-15(18)23)7-13-19(27)25-21(29)26(20(13)28)17-6-4-3-5-16(17)24/h3-9,11H,10H2,1-2H3,(H,25,27,29)/b13-7+. The van der Waals surface area contributed by atoms with Gasteiger partial charge in [0.15, 0.2) is 0 Å². The maximum atomic E-state index is 13.0. The predicted molar refractivity (Wildman–Crippen MR) is 123 cm³/mol. The van der Waals surface area contributed by atoms with Crippen molar-refractivity contribution in [2.45, 2.75) is 13.8 Å². The van der Waals surface area contributed by atoms with Gasteiger partial charge in [0.2, 0.25) is 0 Å². The van der Waals surface area contributed by atoms with Crippen LogP contribution in [-0.4, -0.2) is 24.5 Å². The Labute approximate surface area is 195 Å². The van der Waals surface area contributed by atoms with Crippen LogP contribution in [0.5, 0.6) is 5.75 Å². The predicted octanol–water partition coefficient (Wildman–Crippen LogP) is 5.57. The highest BCUT2D eigenvalue weighted by Crippen LogP contribution is 2.36. The topological polar surface area (TPSA) is 75.7 Å². The zero-order chi connectivity index (χ0) is 22.0. The molecule has 6 nitrogen and oxygen atoms in total. The Morgan fingerprint density at radius 3 is 2.37 bits per heavy atom. The molecule has 0 bridgehead atoms. The second-order valence-electron chi connectivity index (χ2n) is 6.93. The van der Waals surface area contributed by atoms with Crippen molar-refractivity contribution in [1.82, 2.24) is 5.32 Å². The number of halogens is 3.